The second-order valence-electron chi connectivity index (χ2n) is 2.83. The van der Waals surface area contributed by atoms with E-state index < -0.39 is 12.2 Å². The third-order valence-corrected chi connectivity index (χ3v) is 1.31. The predicted molar refractivity (Wildman–Crippen MR) is 32.7 cm³/mol. The molecular weight excluding hydrogens is 217 g/mol. The van der Waals surface area contributed by atoms with Crippen LogP contribution in [0.3, 0.4) is 0 Å². The summed E-state index contributed by atoms with van der Waals surface area (Å²) in [6, 6.07) is 0. The van der Waals surface area contributed by atoms with E-state index in [0.29, 0.717) is 0 Å². The van der Waals surface area contributed by atoms with Crippen LogP contribution < -0.4 is 10.2 Å². The van der Waals surface area contributed by atoms with Gasteiger partial charge in [0.1, 0.15) is 0 Å². The molecule has 0 aliphatic rings. The van der Waals surface area contributed by atoms with Gasteiger partial charge in [-0.15, -0.1) is 12.2 Å². The van der Waals surface area contributed by atoms with Crippen LogP contribution in [0.4, 0.5) is 0 Å². The molecule has 2 atom stereocenters. The Bertz CT molecular complexity index is 74.0. The Kier molecular flexibility index (Phi) is 8.24. The monoisotopic (exact) mass is 232 g/mol. The van der Waals surface area contributed by atoms with Gasteiger partial charge in [0.15, 0.2) is 0 Å². The molecule has 0 aromatic carbocycles. The minimum Gasteiger partial charge on any atom is -0.852 e. The maximum absolute atomic E-state index is 10.8. The van der Waals surface area contributed by atoms with Crippen LogP contribution in [0, 0.1) is 5.92 Å². The molecular formula is C7H14O2Ru. The Hall–Kier alpha value is 0.543. The van der Waals surface area contributed by atoms with Gasteiger partial charge in [-0.1, -0.05) is 33.1 Å². The van der Waals surface area contributed by atoms with Crippen LogP contribution in [0.25, 0.3) is 0 Å². The van der Waals surface area contributed by atoms with E-state index in [2.05, 4.69) is 0 Å². The van der Waals surface area contributed by atoms with E-state index in [1.165, 1.54) is 6.92 Å². The van der Waals surface area contributed by atoms with Crippen molar-refractivity contribution >= 4 is 0 Å². The van der Waals surface area contributed by atoms with Crippen LogP contribution in [-0.2, 0) is 19.5 Å². The van der Waals surface area contributed by atoms with E-state index in [4.69, 9.17) is 0 Å². The minimum absolute atomic E-state index is 0. The van der Waals surface area contributed by atoms with Gasteiger partial charge in [-0.25, -0.2) is 0 Å². The SMILES string of the molecule is CC([O-])CC([O-])C(C)C.[Ru+2]. The summed E-state index contributed by atoms with van der Waals surface area (Å²) in [6.45, 7) is 5.23. The first-order valence-corrected chi connectivity index (χ1v) is 3.35. The molecule has 0 rings (SSSR count). The summed E-state index contributed by atoms with van der Waals surface area (Å²) in [6.07, 6.45) is -1.11. The molecule has 0 fully saturated rings. The molecule has 3 heteroatoms. The zero-order valence-electron chi connectivity index (χ0n) is 6.61. The van der Waals surface area contributed by atoms with E-state index in [9.17, 15) is 10.2 Å². The van der Waals surface area contributed by atoms with E-state index in [1.54, 1.807) is 0 Å². The second-order valence-corrected chi connectivity index (χ2v) is 2.83. The third kappa shape index (κ3) is 6.66. The summed E-state index contributed by atoms with van der Waals surface area (Å²) >= 11 is 0. The summed E-state index contributed by atoms with van der Waals surface area (Å²) < 4.78 is 0. The van der Waals surface area contributed by atoms with Gasteiger partial charge in [0, 0.05) is 0 Å². The Morgan fingerprint density at radius 1 is 1.10 bits per heavy atom. The fourth-order valence-electron chi connectivity index (χ4n) is 0.599. The van der Waals surface area contributed by atoms with E-state index in [1.807, 2.05) is 13.8 Å². The van der Waals surface area contributed by atoms with Crippen LogP contribution >= 0.6 is 0 Å². The summed E-state index contributed by atoms with van der Waals surface area (Å²) in [5.41, 5.74) is 0. The normalized spacial score (nSPS) is 16.2. The average Bonchev–Trinajstić information content (AvgIpc) is 1.63. The van der Waals surface area contributed by atoms with Crippen LogP contribution in [0.5, 0.6) is 0 Å². The molecule has 0 aromatic heterocycles. The van der Waals surface area contributed by atoms with E-state index in [-0.39, 0.29) is 31.8 Å². The Morgan fingerprint density at radius 3 is 1.60 bits per heavy atom. The van der Waals surface area contributed by atoms with Crippen LogP contribution in [0.2, 0.25) is 0 Å². The van der Waals surface area contributed by atoms with Crippen molar-refractivity contribution in [3.8, 4) is 0 Å². The number of hydrogen-bond donors (Lipinski definition) is 0. The molecule has 0 saturated heterocycles. The molecule has 0 aliphatic carbocycles. The van der Waals surface area contributed by atoms with Gasteiger partial charge in [0.25, 0.3) is 0 Å². The van der Waals surface area contributed by atoms with Crippen molar-refractivity contribution in [2.45, 2.75) is 39.4 Å². The van der Waals surface area contributed by atoms with Gasteiger partial charge < -0.3 is 10.2 Å². The van der Waals surface area contributed by atoms with E-state index in [0.717, 1.165) is 0 Å². The zero-order valence-corrected chi connectivity index (χ0v) is 8.35. The van der Waals surface area contributed by atoms with Gasteiger partial charge >= 0.3 is 19.5 Å². The summed E-state index contributed by atoms with van der Waals surface area (Å²) in [5, 5.41) is 21.3. The molecule has 0 amide bonds. The Labute approximate surface area is 75.4 Å². The molecule has 0 spiro atoms. The topological polar surface area (TPSA) is 46.1 Å². The minimum atomic E-state index is -0.699. The molecule has 62 valence electrons. The van der Waals surface area contributed by atoms with Crippen molar-refractivity contribution < 1.29 is 29.7 Å². The molecule has 0 saturated carbocycles. The van der Waals surface area contributed by atoms with Crippen LogP contribution in [0.15, 0.2) is 0 Å². The molecule has 2 nitrogen and oxygen atoms in total. The molecule has 0 aliphatic heterocycles. The molecule has 0 radical (unpaired) electrons. The molecule has 10 heavy (non-hydrogen) atoms. The standard InChI is InChI=1S/C7H14O2.Ru/c1-5(2)7(9)4-6(3)8;/h5-7H,4H2,1-3H3;/q-2;+2. The van der Waals surface area contributed by atoms with Crippen molar-refractivity contribution in [3.05, 3.63) is 0 Å². The first-order chi connectivity index (χ1) is 4.04. The van der Waals surface area contributed by atoms with Gasteiger partial charge in [0.2, 0.25) is 0 Å². The second kappa shape index (κ2) is 6.27. The van der Waals surface area contributed by atoms with Crippen molar-refractivity contribution in [2.24, 2.45) is 5.92 Å². The Balaban J connectivity index is 0. The average molecular weight is 231 g/mol. The molecule has 0 bridgehead atoms. The van der Waals surface area contributed by atoms with Crippen molar-refractivity contribution in [3.63, 3.8) is 0 Å². The van der Waals surface area contributed by atoms with Gasteiger partial charge in [-0.3, -0.25) is 0 Å². The summed E-state index contributed by atoms with van der Waals surface area (Å²) in [5.74, 6) is 0.0985. The molecule has 0 heterocycles. The fraction of sp³-hybridized carbons (Fsp3) is 1.00. The van der Waals surface area contributed by atoms with Crippen molar-refractivity contribution in [1.82, 2.24) is 0 Å². The van der Waals surface area contributed by atoms with Crippen molar-refractivity contribution in [1.29, 1.82) is 0 Å². The Morgan fingerprint density at radius 2 is 1.50 bits per heavy atom. The molecule has 0 aromatic rings. The smallest absolute Gasteiger partial charge is 0.852 e. The van der Waals surface area contributed by atoms with Crippen LogP contribution in [-0.4, -0.2) is 12.2 Å². The number of rotatable bonds is 3. The molecule has 2 unspecified atom stereocenters. The summed E-state index contributed by atoms with van der Waals surface area (Å²) in [4.78, 5) is 0. The maximum atomic E-state index is 10.8. The third-order valence-electron chi connectivity index (χ3n) is 1.31. The maximum Gasteiger partial charge on any atom is 2.00 e. The molecule has 0 N–H and O–H groups in total. The number of hydrogen-bond acceptors (Lipinski definition) is 2. The quantitative estimate of drug-likeness (QED) is 0.615. The van der Waals surface area contributed by atoms with Gasteiger partial charge in [-0.2, -0.15) is 0 Å². The van der Waals surface area contributed by atoms with E-state index >= 15 is 0 Å². The summed E-state index contributed by atoms with van der Waals surface area (Å²) in [7, 11) is 0. The van der Waals surface area contributed by atoms with Gasteiger partial charge in [0.05, 0.1) is 0 Å². The first-order valence-electron chi connectivity index (χ1n) is 3.35. The largest absolute Gasteiger partial charge is 2.00 e. The van der Waals surface area contributed by atoms with Crippen molar-refractivity contribution in [2.75, 3.05) is 0 Å². The van der Waals surface area contributed by atoms with Crippen LogP contribution in [0.1, 0.15) is 27.2 Å². The first kappa shape index (κ1) is 13.2. The zero-order chi connectivity index (χ0) is 7.44. The fourth-order valence-corrected chi connectivity index (χ4v) is 0.599. The predicted octanol–water partition coefficient (Wildman–Crippen LogP) is -0.492. The van der Waals surface area contributed by atoms with Gasteiger partial charge in [-0.05, 0) is 0 Å².